The van der Waals surface area contributed by atoms with E-state index >= 15 is 0 Å². The Bertz CT molecular complexity index is 375. The standard InChI is InChI=1S/C12H16O5/c13-7-10(14)8-17-5-1-2-9-3-4-11(15)12(16)6-9/h1-4,6,10,13-16H,5,7-8H2/b2-1+. The van der Waals surface area contributed by atoms with Gasteiger partial charge in [-0.15, -0.1) is 0 Å². The minimum atomic E-state index is -0.860. The molecule has 1 atom stereocenters. The van der Waals surface area contributed by atoms with Crippen molar-refractivity contribution in [1.82, 2.24) is 0 Å². The maximum Gasteiger partial charge on any atom is 0.157 e. The number of phenolic OH excluding ortho intramolecular Hbond substituents is 2. The van der Waals surface area contributed by atoms with Crippen molar-refractivity contribution in [3.63, 3.8) is 0 Å². The summed E-state index contributed by atoms with van der Waals surface area (Å²) in [5, 5.41) is 35.8. The van der Waals surface area contributed by atoms with Gasteiger partial charge in [0.2, 0.25) is 0 Å². The van der Waals surface area contributed by atoms with Gasteiger partial charge in [0.25, 0.3) is 0 Å². The van der Waals surface area contributed by atoms with E-state index in [4.69, 9.17) is 20.1 Å². The van der Waals surface area contributed by atoms with Crippen LogP contribution in [0.3, 0.4) is 0 Å². The molecule has 0 bridgehead atoms. The molecule has 0 spiro atoms. The lowest BCUT2D eigenvalue weighted by Gasteiger charge is -2.05. The minimum absolute atomic E-state index is 0.0711. The third kappa shape index (κ3) is 4.86. The van der Waals surface area contributed by atoms with Gasteiger partial charge in [-0.25, -0.2) is 0 Å². The van der Waals surface area contributed by atoms with E-state index in [-0.39, 0.29) is 24.7 Å². The lowest BCUT2D eigenvalue weighted by Crippen LogP contribution is -2.19. The molecule has 0 heterocycles. The van der Waals surface area contributed by atoms with Crippen molar-refractivity contribution in [3.05, 3.63) is 29.8 Å². The first kappa shape index (κ1) is 13.5. The van der Waals surface area contributed by atoms with Crippen LogP contribution in [0.4, 0.5) is 0 Å². The lowest BCUT2D eigenvalue weighted by molar-refractivity contribution is 0.0151. The summed E-state index contributed by atoms with van der Waals surface area (Å²) in [5.41, 5.74) is 0.728. The fraction of sp³-hybridized carbons (Fsp3) is 0.333. The Balaban J connectivity index is 2.35. The molecule has 1 rings (SSSR count). The molecule has 1 unspecified atom stereocenters. The van der Waals surface area contributed by atoms with E-state index in [1.807, 2.05) is 0 Å². The zero-order chi connectivity index (χ0) is 12.7. The molecule has 0 aromatic heterocycles. The topological polar surface area (TPSA) is 90.2 Å². The number of aliphatic hydroxyl groups is 2. The second kappa shape index (κ2) is 6.90. The molecule has 1 aromatic carbocycles. The van der Waals surface area contributed by atoms with Crippen molar-refractivity contribution in [1.29, 1.82) is 0 Å². The quantitative estimate of drug-likeness (QED) is 0.429. The van der Waals surface area contributed by atoms with Crippen molar-refractivity contribution < 1.29 is 25.2 Å². The molecule has 1 aromatic rings. The summed E-state index contributed by atoms with van der Waals surface area (Å²) in [6.07, 6.45) is 2.56. The van der Waals surface area contributed by atoms with Gasteiger partial charge in [0.1, 0.15) is 6.10 Å². The van der Waals surface area contributed by atoms with Crippen LogP contribution in [0.1, 0.15) is 5.56 Å². The predicted octanol–water partition coefficient (Wildman–Crippen LogP) is 0.481. The van der Waals surface area contributed by atoms with Gasteiger partial charge in [0.05, 0.1) is 19.8 Å². The molecular weight excluding hydrogens is 224 g/mol. The number of aromatic hydroxyl groups is 2. The number of rotatable bonds is 6. The number of hydrogen-bond donors (Lipinski definition) is 4. The molecule has 17 heavy (non-hydrogen) atoms. The van der Waals surface area contributed by atoms with E-state index < -0.39 is 6.10 Å². The van der Waals surface area contributed by atoms with Crippen molar-refractivity contribution in [2.24, 2.45) is 0 Å². The second-order valence-corrected chi connectivity index (χ2v) is 3.52. The predicted molar refractivity (Wildman–Crippen MR) is 62.7 cm³/mol. The largest absolute Gasteiger partial charge is 0.504 e. The molecule has 5 heteroatoms. The van der Waals surface area contributed by atoms with Crippen LogP contribution in [0, 0.1) is 0 Å². The van der Waals surface area contributed by atoms with Crippen LogP contribution < -0.4 is 0 Å². The smallest absolute Gasteiger partial charge is 0.157 e. The van der Waals surface area contributed by atoms with Gasteiger partial charge in [-0.1, -0.05) is 18.2 Å². The average molecular weight is 240 g/mol. The Morgan fingerprint density at radius 1 is 1.24 bits per heavy atom. The molecule has 5 nitrogen and oxygen atoms in total. The summed E-state index contributed by atoms with van der Waals surface area (Å²) in [6.45, 7) is 0.0376. The monoisotopic (exact) mass is 240 g/mol. The van der Waals surface area contributed by atoms with Crippen LogP contribution in [0.25, 0.3) is 6.08 Å². The van der Waals surface area contributed by atoms with Gasteiger partial charge < -0.3 is 25.2 Å². The molecular formula is C12H16O5. The Labute approximate surface area is 99.2 Å². The third-order valence-corrected chi connectivity index (χ3v) is 2.04. The maximum atomic E-state index is 9.23. The first-order valence-corrected chi connectivity index (χ1v) is 5.18. The molecule has 0 saturated heterocycles. The number of benzene rings is 1. The van der Waals surface area contributed by atoms with Crippen molar-refractivity contribution in [2.45, 2.75) is 6.10 Å². The van der Waals surface area contributed by atoms with Crippen LogP contribution in [-0.4, -0.2) is 46.4 Å². The molecule has 0 radical (unpaired) electrons. The zero-order valence-electron chi connectivity index (χ0n) is 9.28. The van der Waals surface area contributed by atoms with Crippen molar-refractivity contribution in [3.8, 4) is 11.5 Å². The van der Waals surface area contributed by atoms with Crippen LogP contribution in [0.2, 0.25) is 0 Å². The van der Waals surface area contributed by atoms with Crippen LogP contribution in [-0.2, 0) is 4.74 Å². The average Bonchev–Trinajstić information content (AvgIpc) is 2.33. The number of ether oxygens (including phenoxy) is 1. The van der Waals surface area contributed by atoms with E-state index in [9.17, 15) is 5.11 Å². The highest BCUT2D eigenvalue weighted by Crippen LogP contribution is 2.25. The summed E-state index contributed by atoms with van der Waals surface area (Å²) >= 11 is 0. The third-order valence-electron chi connectivity index (χ3n) is 2.04. The fourth-order valence-corrected chi connectivity index (χ4v) is 1.15. The normalized spacial score (nSPS) is 13.1. The lowest BCUT2D eigenvalue weighted by atomic mass is 10.2. The number of hydrogen-bond acceptors (Lipinski definition) is 5. The molecule has 0 aliphatic carbocycles. The van der Waals surface area contributed by atoms with E-state index in [1.54, 1.807) is 18.2 Å². The Kier molecular flexibility index (Phi) is 5.48. The Morgan fingerprint density at radius 2 is 2.00 bits per heavy atom. The SMILES string of the molecule is OCC(O)COC/C=C/c1ccc(O)c(O)c1. The summed E-state index contributed by atoms with van der Waals surface area (Å²) in [5.74, 6) is -0.340. The molecule has 94 valence electrons. The highest BCUT2D eigenvalue weighted by molar-refractivity contribution is 5.54. The van der Waals surface area contributed by atoms with Gasteiger partial charge in [0.15, 0.2) is 11.5 Å². The molecule has 4 N–H and O–H groups in total. The van der Waals surface area contributed by atoms with E-state index in [2.05, 4.69) is 0 Å². The van der Waals surface area contributed by atoms with E-state index in [0.29, 0.717) is 6.61 Å². The first-order chi connectivity index (χ1) is 8.13. The zero-order valence-corrected chi connectivity index (χ0v) is 9.28. The highest BCUT2D eigenvalue weighted by atomic mass is 16.5. The molecule has 0 aliphatic heterocycles. The van der Waals surface area contributed by atoms with Gasteiger partial charge in [0, 0.05) is 0 Å². The maximum absolute atomic E-state index is 9.23. The van der Waals surface area contributed by atoms with Crippen LogP contribution >= 0.6 is 0 Å². The van der Waals surface area contributed by atoms with Gasteiger partial charge >= 0.3 is 0 Å². The van der Waals surface area contributed by atoms with Crippen LogP contribution in [0.15, 0.2) is 24.3 Å². The second-order valence-electron chi connectivity index (χ2n) is 3.52. The minimum Gasteiger partial charge on any atom is -0.504 e. The van der Waals surface area contributed by atoms with Gasteiger partial charge in [-0.3, -0.25) is 0 Å². The van der Waals surface area contributed by atoms with Crippen molar-refractivity contribution in [2.75, 3.05) is 19.8 Å². The van der Waals surface area contributed by atoms with Gasteiger partial charge in [-0.05, 0) is 17.7 Å². The van der Waals surface area contributed by atoms with E-state index in [0.717, 1.165) is 5.56 Å². The summed E-state index contributed by atoms with van der Waals surface area (Å²) in [6, 6.07) is 4.47. The molecule has 0 fully saturated rings. The highest BCUT2D eigenvalue weighted by Gasteiger charge is 2.00. The summed E-state index contributed by atoms with van der Waals surface area (Å²) < 4.78 is 5.05. The molecule has 0 saturated carbocycles. The molecule has 0 aliphatic rings. The summed E-state index contributed by atoms with van der Waals surface area (Å²) in [7, 11) is 0. The first-order valence-electron chi connectivity index (χ1n) is 5.18. The Morgan fingerprint density at radius 3 is 2.65 bits per heavy atom. The Hall–Kier alpha value is -1.56. The fourth-order valence-electron chi connectivity index (χ4n) is 1.15. The number of phenols is 2. The summed E-state index contributed by atoms with van der Waals surface area (Å²) in [4.78, 5) is 0. The van der Waals surface area contributed by atoms with Crippen molar-refractivity contribution >= 4 is 6.08 Å². The van der Waals surface area contributed by atoms with E-state index in [1.165, 1.54) is 12.1 Å². The molecule has 0 amide bonds. The van der Waals surface area contributed by atoms with Crippen LogP contribution in [0.5, 0.6) is 11.5 Å². The van der Waals surface area contributed by atoms with Gasteiger partial charge in [-0.2, -0.15) is 0 Å². The number of aliphatic hydroxyl groups excluding tert-OH is 2.